The van der Waals surface area contributed by atoms with E-state index in [1.54, 1.807) is 11.3 Å². The van der Waals surface area contributed by atoms with Gasteiger partial charge in [0.05, 0.1) is 3.79 Å². The van der Waals surface area contributed by atoms with Gasteiger partial charge in [0.25, 0.3) is 0 Å². The molecule has 0 N–H and O–H groups in total. The summed E-state index contributed by atoms with van der Waals surface area (Å²) in [7, 11) is 2.04. The van der Waals surface area contributed by atoms with E-state index in [4.69, 9.17) is 0 Å². The van der Waals surface area contributed by atoms with Gasteiger partial charge >= 0.3 is 0 Å². The fourth-order valence-electron chi connectivity index (χ4n) is 1.06. The standard InChI is InChI=1S/C7H7BrN2S/c1-4-9-5-3-6(8)11-7(5)10(4)2/h3H,1-2H3. The number of imidazole rings is 1. The van der Waals surface area contributed by atoms with Crippen LogP contribution in [-0.2, 0) is 7.05 Å². The molecule has 58 valence electrons. The molecule has 2 rings (SSSR count). The van der Waals surface area contributed by atoms with Crippen LogP contribution in [0.25, 0.3) is 10.3 Å². The van der Waals surface area contributed by atoms with Gasteiger partial charge in [0.15, 0.2) is 0 Å². The topological polar surface area (TPSA) is 17.8 Å². The Kier molecular flexibility index (Phi) is 1.54. The lowest BCUT2D eigenvalue weighted by Crippen LogP contribution is -1.88. The monoisotopic (exact) mass is 230 g/mol. The molecule has 0 aliphatic heterocycles. The summed E-state index contributed by atoms with van der Waals surface area (Å²) in [5, 5.41) is 0. The molecule has 0 amide bonds. The Morgan fingerprint density at radius 2 is 2.36 bits per heavy atom. The number of aryl methyl sites for hydroxylation is 2. The highest BCUT2D eigenvalue weighted by molar-refractivity contribution is 9.11. The third-order valence-electron chi connectivity index (χ3n) is 1.74. The number of hydrogen-bond acceptors (Lipinski definition) is 2. The number of rotatable bonds is 0. The van der Waals surface area contributed by atoms with E-state index in [0.717, 1.165) is 15.1 Å². The maximum absolute atomic E-state index is 4.38. The Bertz CT molecular complexity index is 402. The Morgan fingerprint density at radius 1 is 1.64 bits per heavy atom. The molecule has 4 heteroatoms. The number of nitrogens with zero attached hydrogens (tertiary/aromatic N) is 2. The van der Waals surface area contributed by atoms with Crippen LogP contribution in [0.5, 0.6) is 0 Å². The highest BCUT2D eigenvalue weighted by atomic mass is 79.9. The van der Waals surface area contributed by atoms with Crippen LogP contribution in [-0.4, -0.2) is 9.55 Å². The molecule has 2 heterocycles. The zero-order valence-corrected chi connectivity index (χ0v) is 8.66. The Labute approximate surface area is 77.0 Å². The van der Waals surface area contributed by atoms with Crippen molar-refractivity contribution in [2.24, 2.45) is 7.05 Å². The predicted molar refractivity (Wildman–Crippen MR) is 51.0 cm³/mol. The quantitative estimate of drug-likeness (QED) is 0.681. The second kappa shape index (κ2) is 2.32. The van der Waals surface area contributed by atoms with Gasteiger partial charge in [-0.15, -0.1) is 11.3 Å². The van der Waals surface area contributed by atoms with Crippen LogP contribution in [0.15, 0.2) is 9.85 Å². The molecule has 0 aliphatic rings. The van der Waals surface area contributed by atoms with E-state index in [9.17, 15) is 0 Å². The first-order chi connectivity index (χ1) is 5.18. The molecule has 11 heavy (non-hydrogen) atoms. The van der Waals surface area contributed by atoms with Gasteiger partial charge in [-0.2, -0.15) is 0 Å². The maximum Gasteiger partial charge on any atom is 0.123 e. The average Bonchev–Trinajstić information content (AvgIpc) is 2.37. The summed E-state index contributed by atoms with van der Waals surface area (Å²) < 4.78 is 3.25. The first-order valence-corrected chi connectivity index (χ1v) is 4.88. The lowest BCUT2D eigenvalue weighted by molar-refractivity contribution is 0.891. The average molecular weight is 231 g/mol. The number of fused-ring (bicyclic) bond motifs is 1. The first-order valence-electron chi connectivity index (χ1n) is 3.27. The van der Waals surface area contributed by atoms with Gasteiger partial charge in [-0.05, 0) is 28.9 Å². The van der Waals surface area contributed by atoms with Crippen molar-refractivity contribution >= 4 is 37.6 Å². The minimum atomic E-state index is 1.07. The van der Waals surface area contributed by atoms with Gasteiger partial charge in [-0.1, -0.05) is 0 Å². The number of hydrogen-bond donors (Lipinski definition) is 0. The summed E-state index contributed by atoms with van der Waals surface area (Å²) in [6.07, 6.45) is 0. The van der Waals surface area contributed by atoms with E-state index >= 15 is 0 Å². The van der Waals surface area contributed by atoms with Crippen molar-refractivity contribution in [2.45, 2.75) is 6.92 Å². The Morgan fingerprint density at radius 3 is 3.00 bits per heavy atom. The van der Waals surface area contributed by atoms with Crippen molar-refractivity contribution in [1.82, 2.24) is 9.55 Å². The van der Waals surface area contributed by atoms with Crippen LogP contribution in [0.1, 0.15) is 5.82 Å². The van der Waals surface area contributed by atoms with Crippen molar-refractivity contribution in [1.29, 1.82) is 0 Å². The van der Waals surface area contributed by atoms with Crippen molar-refractivity contribution in [3.63, 3.8) is 0 Å². The Hall–Kier alpha value is -0.350. The second-order valence-corrected chi connectivity index (χ2v) is 4.87. The van der Waals surface area contributed by atoms with E-state index in [1.165, 1.54) is 4.83 Å². The summed E-state index contributed by atoms with van der Waals surface area (Å²) in [5.41, 5.74) is 1.09. The molecule has 0 spiro atoms. The van der Waals surface area contributed by atoms with Gasteiger partial charge in [-0.25, -0.2) is 4.98 Å². The molecule has 0 fully saturated rings. The molecular formula is C7H7BrN2S. The van der Waals surface area contributed by atoms with Crippen LogP contribution in [0.3, 0.4) is 0 Å². The number of halogens is 1. The fourth-order valence-corrected chi connectivity index (χ4v) is 2.57. The second-order valence-electron chi connectivity index (χ2n) is 2.46. The van der Waals surface area contributed by atoms with E-state index in [-0.39, 0.29) is 0 Å². The lowest BCUT2D eigenvalue weighted by Gasteiger charge is -1.91. The van der Waals surface area contributed by atoms with Crippen molar-refractivity contribution in [3.8, 4) is 0 Å². The summed E-state index contributed by atoms with van der Waals surface area (Å²) in [6, 6.07) is 2.05. The molecule has 2 nitrogen and oxygen atoms in total. The summed E-state index contributed by atoms with van der Waals surface area (Å²) in [5.74, 6) is 1.07. The molecule has 0 aliphatic carbocycles. The van der Waals surface area contributed by atoms with E-state index in [1.807, 2.05) is 20.0 Å². The maximum atomic E-state index is 4.38. The molecule has 0 radical (unpaired) electrons. The van der Waals surface area contributed by atoms with Crippen molar-refractivity contribution in [3.05, 3.63) is 15.7 Å². The summed E-state index contributed by atoms with van der Waals surface area (Å²) in [6.45, 7) is 2.01. The normalized spacial score (nSPS) is 11.2. The molecule has 0 saturated carbocycles. The zero-order chi connectivity index (χ0) is 8.01. The zero-order valence-electron chi connectivity index (χ0n) is 6.26. The van der Waals surface area contributed by atoms with Crippen LogP contribution >= 0.6 is 27.3 Å². The minimum absolute atomic E-state index is 1.07. The predicted octanol–water partition coefficient (Wildman–Crippen LogP) is 2.71. The largest absolute Gasteiger partial charge is 0.323 e. The lowest BCUT2D eigenvalue weighted by atomic mass is 10.6. The van der Waals surface area contributed by atoms with Crippen LogP contribution < -0.4 is 0 Å². The molecule has 2 aromatic heterocycles. The molecule has 2 aromatic rings. The third kappa shape index (κ3) is 1.01. The molecule has 0 aromatic carbocycles. The molecular weight excluding hydrogens is 224 g/mol. The van der Waals surface area contributed by atoms with E-state index in [0.29, 0.717) is 0 Å². The van der Waals surface area contributed by atoms with Gasteiger partial charge in [-0.3, -0.25) is 0 Å². The van der Waals surface area contributed by atoms with Gasteiger partial charge in [0.1, 0.15) is 16.2 Å². The Balaban J connectivity index is 2.88. The molecule has 0 bridgehead atoms. The van der Waals surface area contributed by atoms with Gasteiger partial charge in [0.2, 0.25) is 0 Å². The minimum Gasteiger partial charge on any atom is -0.323 e. The van der Waals surface area contributed by atoms with Crippen LogP contribution in [0, 0.1) is 6.92 Å². The van der Waals surface area contributed by atoms with Crippen molar-refractivity contribution in [2.75, 3.05) is 0 Å². The van der Waals surface area contributed by atoms with Crippen LogP contribution in [0.4, 0.5) is 0 Å². The summed E-state index contributed by atoms with van der Waals surface area (Å²) in [4.78, 5) is 5.61. The van der Waals surface area contributed by atoms with Gasteiger partial charge in [0, 0.05) is 7.05 Å². The fraction of sp³-hybridized carbons (Fsp3) is 0.286. The van der Waals surface area contributed by atoms with E-state index < -0.39 is 0 Å². The number of thiophene rings is 1. The smallest absolute Gasteiger partial charge is 0.123 e. The molecule has 0 saturated heterocycles. The van der Waals surface area contributed by atoms with Gasteiger partial charge < -0.3 is 4.57 Å². The SMILES string of the molecule is Cc1nc2cc(Br)sc2n1C. The highest BCUT2D eigenvalue weighted by Gasteiger charge is 2.06. The van der Waals surface area contributed by atoms with E-state index in [2.05, 4.69) is 25.5 Å². The molecule has 0 unspecified atom stereocenters. The van der Waals surface area contributed by atoms with Crippen LogP contribution in [0.2, 0.25) is 0 Å². The number of aromatic nitrogens is 2. The molecule has 0 atom stereocenters. The first kappa shape index (κ1) is 7.31. The highest BCUT2D eigenvalue weighted by Crippen LogP contribution is 2.29. The third-order valence-corrected chi connectivity index (χ3v) is 3.44. The summed E-state index contributed by atoms with van der Waals surface area (Å²) >= 11 is 5.14. The van der Waals surface area contributed by atoms with Crippen molar-refractivity contribution < 1.29 is 0 Å².